The van der Waals surface area contributed by atoms with Gasteiger partial charge in [0.1, 0.15) is 11.0 Å². The standard InChI is InChI=1S/C14H18N2O2S2/c1-4-10-13(20-9(2)16-10)14(17)15-8-11(18-3)12-6-5-7-19-12/h5-7,11H,4,8H2,1-3H3,(H,15,17). The Morgan fingerprint density at radius 1 is 1.55 bits per heavy atom. The Labute approximate surface area is 126 Å². The number of nitrogens with one attached hydrogen (secondary N) is 1. The van der Waals surface area contributed by atoms with Gasteiger partial charge in [0.15, 0.2) is 0 Å². The lowest BCUT2D eigenvalue weighted by atomic mass is 10.2. The molecule has 1 amide bonds. The Kier molecular flexibility index (Phi) is 5.28. The molecule has 1 atom stereocenters. The van der Waals surface area contributed by atoms with Crippen LogP contribution in [0, 0.1) is 6.92 Å². The molecule has 1 unspecified atom stereocenters. The molecule has 1 N–H and O–H groups in total. The molecule has 2 aromatic rings. The molecular formula is C14H18N2O2S2. The molecule has 4 nitrogen and oxygen atoms in total. The summed E-state index contributed by atoms with van der Waals surface area (Å²) in [7, 11) is 1.66. The van der Waals surface area contributed by atoms with Crippen molar-refractivity contribution in [3.8, 4) is 0 Å². The van der Waals surface area contributed by atoms with E-state index in [2.05, 4.69) is 10.3 Å². The molecule has 0 aromatic carbocycles. The predicted molar refractivity (Wildman–Crippen MR) is 82.6 cm³/mol. The number of methoxy groups -OCH3 is 1. The highest BCUT2D eigenvalue weighted by Gasteiger charge is 2.18. The Balaban J connectivity index is 2.01. The van der Waals surface area contributed by atoms with Crippen molar-refractivity contribution in [2.45, 2.75) is 26.4 Å². The van der Waals surface area contributed by atoms with Crippen LogP contribution in [-0.4, -0.2) is 24.5 Å². The molecule has 0 spiro atoms. The van der Waals surface area contributed by atoms with Crippen molar-refractivity contribution in [3.05, 3.63) is 38.0 Å². The highest BCUT2D eigenvalue weighted by atomic mass is 32.1. The average molecular weight is 310 g/mol. The first-order chi connectivity index (χ1) is 9.65. The maximum Gasteiger partial charge on any atom is 0.263 e. The second-order valence-electron chi connectivity index (χ2n) is 4.31. The number of nitrogens with zero attached hydrogens (tertiary/aromatic N) is 1. The molecule has 0 saturated carbocycles. The number of hydrogen-bond donors (Lipinski definition) is 1. The summed E-state index contributed by atoms with van der Waals surface area (Å²) in [5, 5.41) is 5.87. The van der Waals surface area contributed by atoms with Gasteiger partial charge in [-0.2, -0.15) is 0 Å². The lowest BCUT2D eigenvalue weighted by Crippen LogP contribution is -2.28. The van der Waals surface area contributed by atoms with Crippen molar-refractivity contribution < 1.29 is 9.53 Å². The number of carbonyl (C=O) groups is 1. The quantitative estimate of drug-likeness (QED) is 0.891. The number of aryl methyl sites for hydroxylation is 2. The minimum absolute atomic E-state index is 0.0638. The molecule has 0 saturated heterocycles. The smallest absolute Gasteiger partial charge is 0.263 e. The summed E-state index contributed by atoms with van der Waals surface area (Å²) in [6.45, 7) is 4.40. The number of thiophene rings is 1. The zero-order chi connectivity index (χ0) is 14.5. The van der Waals surface area contributed by atoms with E-state index < -0.39 is 0 Å². The van der Waals surface area contributed by atoms with Crippen molar-refractivity contribution in [1.82, 2.24) is 10.3 Å². The van der Waals surface area contributed by atoms with Crippen molar-refractivity contribution in [1.29, 1.82) is 0 Å². The molecule has 2 heterocycles. The van der Waals surface area contributed by atoms with Gasteiger partial charge in [-0.1, -0.05) is 13.0 Å². The van der Waals surface area contributed by atoms with Crippen LogP contribution >= 0.6 is 22.7 Å². The second-order valence-corrected chi connectivity index (χ2v) is 6.49. The molecule has 2 rings (SSSR count). The maximum absolute atomic E-state index is 12.2. The number of amides is 1. The van der Waals surface area contributed by atoms with Crippen molar-refractivity contribution in [2.75, 3.05) is 13.7 Å². The van der Waals surface area contributed by atoms with Crippen molar-refractivity contribution >= 4 is 28.6 Å². The van der Waals surface area contributed by atoms with E-state index >= 15 is 0 Å². The fourth-order valence-corrected chi connectivity index (χ4v) is 3.65. The SMILES string of the molecule is CCc1nc(C)sc1C(=O)NCC(OC)c1cccs1. The molecule has 0 bridgehead atoms. The third-order valence-electron chi connectivity index (χ3n) is 2.94. The van der Waals surface area contributed by atoms with E-state index in [1.807, 2.05) is 31.4 Å². The van der Waals surface area contributed by atoms with Gasteiger partial charge in [0.25, 0.3) is 5.91 Å². The molecule has 0 radical (unpaired) electrons. The highest BCUT2D eigenvalue weighted by Crippen LogP contribution is 2.22. The summed E-state index contributed by atoms with van der Waals surface area (Å²) in [5.74, 6) is -0.0638. The summed E-state index contributed by atoms with van der Waals surface area (Å²) in [5.41, 5.74) is 0.870. The Morgan fingerprint density at radius 3 is 2.95 bits per heavy atom. The molecule has 108 valence electrons. The first-order valence-electron chi connectivity index (χ1n) is 6.46. The van der Waals surface area contributed by atoms with Crippen LogP contribution in [0.4, 0.5) is 0 Å². The van der Waals surface area contributed by atoms with E-state index in [-0.39, 0.29) is 12.0 Å². The number of ether oxygens (including phenoxy) is 1. The lowest BCUT2D eigenvalue weighted by Gasteiger charge is -2.14. The zero-order valence-corrected chi connectivity index (χ0v) is 13.4. The van der Waals surface area contributed by atoms with Crippen LogP contribution in [0.25, 0.3) is 0 Å². The Hall–Kier alpha value is -1.24. The van der Waals surface area contributed by atoms with E-state index in [9.17, 15) is 4.79 Å². The van der Waals surface area contributed by atoms with E-state index in [4.69, 9.17) is 4.74 Å². The van der Waals surface area contributed by atoms with Gasteiger partial charge in [-0.3, -0.25) is 4.79 Å². The highest BCUT2D eigenvalue weighted by molar-refractivity contribution is 7.13. The average Bonchev–Trinajstić information content (AvgIpc) is 3.08. The van der Waals surface area contributed by atoms with Crippen LogP contribution < -0.4 is 5.32 Å². The summed E-state index contributed by atoms with van der Waals surface area (Å²) >= 11 is 3.07. The molecule has 0 fully saturated rings. The van der Waals surface area contributed by atoms with Crippen LogP contribution in [0.2, 0.25) is 0 Å². The number of rotatable bonds is 6. The van der Waals surface area contributed by atoms with E-state index in [1.54, 1.807) is 18.4 Å². The fraction of sp³-hybridized carbons (Fsp3) is 0.429. The summed E-state index contributed by atoms with van der Waals surface area (Å²) in [6.07, 6.45) is 0.671. The Morgan fingerprint density at radius 2 is 2.35 bits per heavy atom. The minimum Gasteiger partial charge on any atom is -0.374 e. The third-order valence-corrected chi connectivity index (χ3v) is 4.91. The number of thiazole rings is 1. The van der Waals surface area contributed by atoms with Crippen LogP contribution in [0.1, 0.15) is 38.3 Å². The first kappa shape index (κ1) is 15.2. The molecule has 20 heavy (non-hydrogen) atoms. The van der Waals surface area contributed by atoms with Crippen LogP contribution in [0.5, 0.6) is 0 Å². The van der Waals surface area contributed by atoms with Gasteiger partial charge >= 0.3 is 0 Å². The van der Waals surface area contributed by atoms with Gasteiger partial charge in [0.05, 0.1) is 10.7 Å². The number of hydrogen-bond acceptors (Lipinski definition) is 5. The van der Waals surface area contributed by atoms with Crippen LogP contribution in [0.3, 0.4) is 0 Å². The Bertz CT molecular complexity index is 564. The number of carbonyl (C=O) groups excluding carboxylic acids is 1. The molecule has 2 aromatic heterocycles. The largest absolute Gasteiger partial charge is 0.374 e. The van der Waals surface area contributed by atoms with Gasteiger partial charge in [-0.15, -0.1) is 22.7 Å². The summed E-state index contributed by atoms with van der Waals surface area (Å²) < 4.78 is 5.43. The topological polar surface area (TPSA) is 51.2 Å². The van der Waals surface area contributed by atoms with E-state index in [0.717, 1.165) is 22.0 Å². The van der Waals surface area contributed by atoms with E-state index in [1.165, 1.54) is 11.3 Å². The second kappa shape index (κ2) is 6.97. The van der Waals surface area contributed by atoms with Gasteiger partial charge in [0, 0.05) is 18.5 Å². The summed E-state index contributed by atoms with van der Waals surface area (Å²) in [6, 6.07) is 3.99. The zero-order valence-electron chi connectivity index (χ0n) is 11.8. The van der Waals surface area contributed by atoms with Crippen LogP contribution in [0.15, 0.2) is 17.5 Å². The van der Waals surface area contributed by atoms with Gasteiger partial charge in [0.2, 0.25) is 0 Å². The number of aromatic nitrogens is 1. The van der Waals surface area contributed by atoms with Crippen molar-refractivity contribution in [2.24, 2.45) is 0 Å². The van der Waals surface area contributed by atoms with Crippen molar-refractivity contribution in [3.63, 3.8) is 0 Å². The normalized spacial score (nSPS) is 12.3. The molecular weight excluding hydrogens is 292 g/mol. The predicted octanol–water partition coefficient (Wildman–Crippen LogP) is 3.19. The first-order valence-corrected chi connectivity index (χ1v) is 8.16. The molecule has 0 aliphatic carbocycles. The van der Waals surface area contributed by atoms with E-state index in [0.29, 0.717) is 11.4 Å². The molecule has 0 aliphatic heterocycles. The monoisotopic (exact) mass is 310 g/mol. The summed E-state index contributed by atoms with van der Waals surface area (Å²) in [4.78, 5) is 18.4. The third kappa shape index (κ3) is 3.45. The maximum atomic E-state index is 12.2. The minimum atomic E-state index is -0.0990. The van der Waals surface area contributed by atoms with Gasteiger partial charge in [-0.05, 0) is 24.8 Å². The molecule has 0 aliphatic rings. The fourth-order valence-electron chi connectivity index (χ4n) is 1.93. The van der Waals surface area contributed by atoms with Crippen LogP contribution in [-0.2, 0) is 11.2 Å². The lowest BCUT2D eigenvalue weighted by molar-refractivity contribution is 0.0840. The van der Waals surface area contributed by atoms with Gasteiger partial charge < -0.3 is 10.1 Å². The molecule has 6 heteroatoms. The van der Waals surface area contributed by atoms with Gasteiger partial charge in [-0.25, -0.2) is 4.98 Å².